The van der Waals surface area contributed by atoms with Gasteiger partial charge in [-0.15, -0.1) is 0 Å². The fourth-order valence-corrected chi connectivity index (χ4v) is 6.57. The van der Waals surface area contributed by atoms with E-state index >= 15 is 0 Å². The van der Waals surface area contributed by atoms with Crippen molar-refractivity contribution in [2.24, 2.45) is 5.92 Å². The summed E-state index contributed by atoms with van der Waals surface area (Å²) in [5.74, 6) is 0.731. The predicted molar refractivity (Wildman–Crippen MR) is 104 cm³/mol. The van der Waals surface area contributed by atoms with E-state index in [0.29, 0.717) is 26.8 Å². The second-order valence-electron chi connectivity index (χ2n) is 7.25. The fourth-order valence-electron chi connectivity index (χ4n) is 4.49. The number of aliphatic hydroxyl groups excluding tert-OH is 1. The number of ether oxygens (including phenoxy) is 2. The minimum absolute atomic E-state index is 0.106. The van der Waals surface area contributed by atoms with Gasteiger partial charge in [-0.25, -0.2) is 0 Å². The van der Waals surface area contributed by atoms with Crippen LogP contribution < -0.4 is 4.46 Å². The Hall–Kier alpha value is -1.16. The first-order valence-corrected chi connectivity index (χ1v) is 11.4. The number of rotatable bonds is 5. The quantitative estimate of drug-likeness (QED) is 0.761. The van der Waals surface area contributed by atoms with Gasteiger partial charge >= 0.3 is 162 Å². The van der Waals surface area contributed by atoms with Gasteiger partial charge in [0.15, 0.2) is 0 Å². The van der Waals surface area contributed by atoms with Crippen LogP contribution in [0.4, 0.5) is 0 Å². The van der Waals surface area contributed by atoms with Crippen molar-refractivity contribution in [3.05, 3.63) is 66.2 Å². The molecule has 2 aromatic rings. The first-order valence-electron chi connectivity index (χ1n) is 9.35. The molecule has 3 nitrogen and oxygen atoms in total. The molecule has 0 unspecified atom stereocenters. The number of hydrogen-bond acceptors (Lipinski definition) is 3. The molecule has 2 fully saturated rings. The van der Waals surface area contributed by atoms with Gasteiger partial charge in [-0.1, -0.05) is 0 Å². The van der Waals surface area contributed by atoms with Crippen molar-refractivity contribution < 1.29 is 14.6 Å². The van der Waals surface area contributed by atoms with Gasteiger partial charge in [-0.3, -0.25) is 0 Å². The molecule has 0 bridgehead atoms. The van der Waals surface area contributed by atoms with Crippen molar-refractivity contribution >= 4 is 19.4 Å². The van der Waals surface area contributed by atoms with Crippen LogP contribution in [0.2, 0.25) is 5.32 Å². The molecular formula is C22H26O3Se. The molecule has 4 heteroatoms. The molecule has 26 heavy (non-hydrogen) atoms. The number of benzene rings is 2. The van der Waals surface area contributed by atoms with Gasteiger partial charge in [0, 0.05) is 0 Å². The van der Waals surface area contributed by atoms with Crippen molar-refractivity contribution in [3.8, 4) is 0 Å². The van der Waals surface area contributed by atoms with Crippen molar-refractivity contribution in [2.45, 2.75) is 48.5 Å². The van der Waals surface area contributed by atoms with E-state index in [9.17, 15) is 5.11 Å². The average molecular weight is 417 g/mol. The molecule has 6 atom stereocenters. The molecule has 0 aromatic heterocycles. The summed E-state index contributed by atoms with van der Waals surface area (Å²) < 4.78 is 13.5. The summed E-state index contributed by atoms with van der Waals surface area (Å²) in [7, 11) is 1.69. The number of methoxy groups -OCH3 is 1. The Morgan fingerprint density at radius 3 is 2.42 bits per heavy atom. The van der Waals surface area contributed by atoms with E-state index in [2.05, 4.69) is 60.7 Å². The van der Waals surface area contributed by atoms with Crippen molar-refractivity contribution in [3.63, 3.8) is 0 Å². The van der Waals surface area contributed by atoms with E-state index < -0.39 is 6.10 Å². The Morgan fingerprint density at radius 2 is 1.73 bits per heavy atom. The Labute approximate surface area is 161 Å². The normalized spacial score (nSPS) is 33.8. The van der Waals surface area contributed by atoms with Crippen LogP contribution >= 0.6 is 0 Å². The Kier molecular flexibility index (Phi) is 5.78. The zero-order chi connectivity index (χ0) is 17.9. The minimum atomic E-state index is -0.394. The number of fused-ring (bicyclic) bond motifs is 1. The molecule has 4 rings (SSSR count). The van der Waals surface area contributed by atoms with Crippen LogP contribution in [-0.4, -0.2) is 51.6 Å². The zero-order valence-corrected chi connectivity index (χ0v) is 16.7. The fraction of sp³-hybridized carbons (Fsp3) is 0.455. The summed E-state index contributed by atoms with van der Waals surface area (Å²) in [6.45, 7) is 0. The standard InChI is InChI=1S/C22H26O3Se/c1-24-20-13-19-17(12-18(20)23)22(15-8-4-2-5-9-15)21(25-19)14-26-16-10-6-3-7-11-16/h2-11,17-23H,12-14H2,1H3/t17-,18-,19+,20+,21-,22+/m1/s1. The van der Waals surface area contributed by atoms with Gasteiger partial charge in [0.05, 0.1) is 0 Å². The molecular weight excluding hydrogens is 391 g/mol. The molecule has 1 saturated carbocycles. The van der Waals surface area contributed by atoms with Gasteiger partial charge in [-0.05, 0) is 0 Å². The summed E-state index contributed by atoms with van der Waals surface area (Å²) in [6.07, 6.45) is 1.46. The number of aliphatic hydroxyl groups is 1. The van der Waals surface area contributed by atoms with Crippen LogP contribution in [-0.2, 0) is 9.47 Å². The first-order chi connectivity index (χ1) is 12.8. The summed E-state index contributed by atoms with van der Waals surface area (Å²) in [6, 6.07) is 21.4. The molecule has 1 aliphatic heterocycles. The van der Waals surface area contributed by atoms with E-state index in [1.54, 1.807) is 7.11 Å². The second-order valence-corrected chi connectivity index (χ2v) is 9.54. The summed E-state index contributed by atoms with van der Waals surface area (Å²) in [5.41, 5.74) is 1.34. The molecule has 0 spiro atoms. The molecule has 2 aliphatic rings. The van der Waals surface area contributed by atoms with Gasteiger partial charge in [0.25, 0.3) is 0 Å². The second kappa shape index (κ2) is 8.24. The maximum absolute atomic E-state index is 10.5. The molecule has 1 heterocycles. The molecule has 138 valence electrons. The zero-order valence-electron chi connectivity index (χ0n) is 15.0. The topological polar surface area (TPSA) is 38.7 Å². The Bertz CT molecular complexity index is 693. The van der Waals surface area contributed by atoms with Crippen molar-refractivity contribution in [1.29, 1.82) is 0 Å². The van der Waals surface area contributed by atoms with Gasteiger partial charge in [0.1, 0.15) is 0 Å². The number of hydrogen-bond donors (Lipinski definition) is 1. The van der Waals surface area contributed by atoms with Crippen LogP contribution in [0.25, 0.3) is 0 Å². The van der Waals surface area contributed by atoms with Crippen LogP contribution in [0.5, 0.6) is 0 Å². The molecule has 1 N–H and O–H groups in total. The molecule has 0 radical (unpaired) electrons. The summed E-state index contributed by atoms with van der Waals surface area (Å²) in [5, 5.41) is 11.6. The Balaban J connectivity index is 1.55. The summed E-state index contributed by atoms with van der Waals surface area (Å²) in [4.78, 5) is 0. The van der Waals surface area contributed by atoms with Crippen LogP contribution in [0, 0.1) is 5.92 Å². The van der Waals surface area contributed by atoms with Crippen LogP contribution in [0.15, 0.2) is 60.7 Å². The van der Waals surface area contributed by atoms with Crippen molar-refractivity contribution in [1.82, 2.24) is 0 Å². The van der Waals surface area contributed by atoms with Gasteiger partial charge in [0.2, 0.25) is 0 Å². The predicted octanol–water partition coefficient (Wildman–Crippen LogP) is 2.77. The summed E-state index contributed by atoms with van der Waals surface area (Å²) >= 11 is 0.395. The molecule has 1 saturated heterocycles. The Morgan fingerprint density at radius 1 is 1.04 bits per heavy atom. The van der Waals surface area contributed by atoms with Crippen LogP contribution in [0.1, 0.15) is 24.3 Å². The maximum atomic E-state index is 10.5. The first kappa shape index (κ1) is 18.2. The van der Waals surface area contributed by atoms with E-state index in [0.717, 1.165) is 18.2 Å². The van der Waals surface area contributed by atoms with Crippen LogP contribution in [0.3, 0.4) is 0 Å². The monoisotopic (exact) mass is 418 g/mol. The average Bonchev–Trinajstić information content (AvgIpc) is 3.04. The van der Waals surface area contributed by atoms with E-state index in [1.165, 1.54) is 10.0 Å². The van der Waals surface area contributed by atoms with E-state index in [1.807, 2.05) is 0 Å². The molecule has 1 aliphatic carbocycles. The van der Waals surface area contributed by atoms with Gasteiger partial charge < -0.3 is 0 Å². The van der Waals surface area contributed by atoms with Gasteiger partial charge in [-0.2, -0.15) is 0 Å². The third kappa shape index (κ3) is 3.76. The third-order valence-electron chi connectivity index (χ3n) is 5.74. The molecule has 0 amide bonds. The molecule has 2 aromatic carbocycles. The third-order valence-corrected chi connectivity index (χ3v) is 8.05. The van der Waals surface area contributed by atoms with E-state index in [-0.39, 0.29) is 18.3 Å². The van der Waals surface area contributed by atoms with Crippen molar-refractivity contribution in [2.75, 3.05) is 7.11 Å². The SMILES string of the molecule is CO[C@H]1C[C@@H]2O[C@H](C[Se]c3ccccc3)[C@@H](c3ccccc3)[C@@H]2C[C@H]1O. The van der Waals surface area contributed by atoms with E-state index in [4.69, 9.17) is 9.47 Å².